The summed E-state index contributed by atoms with van der Waals surface area (Å²) in [6.45, 7) is 7.28. The highest BCUT2D eigenvalue weighted by Gasteiger charge is 2.37. The Hall–Kier alpha value is -3.27. The van der Waals surface area contributed by atoms with E-state index in [2.05, 4.69) is 16.3 Å². The number of nitrogens with zero attached hydrogens (tertiary/aromatic N) is 3. The van der Waals surface area contributed by atoms with Gasteiger partial charge < -0.3 is 14.6 Å². The molecule has 0 atom stereocenters. The number of alkyl halides is 2. The highest BCUT2D eigenvalue weighted by atomic mass is 19.3. The van der Waals surface area contributed by atoms with Gasteiger partial charge in [0, 0.05) is 31.8 Å². The molecule has 2 aromatic rings. The van der Waals surface area contributed by atoms with Crippen molar-refractivity contribution in [1.82, 2.24) is 14.5 Å². The molecule has 172 valence electrons. The summed E-state index contributed by atoms with van der Waals surface area (Å²) >= 11 is 0. The zero-order chi connectivity index (χ0) is 23.5. The molecule has 2 amide bonds. The largest absolute Gasteiger partial charge is 0.429 e. The summed E-state index contributed by atoms with van der Waals surface area (Å²) in [6.07, 6.45) is -2.97. The van der Waals surface area contributed by atoms with E-state index in [0.29, 0.717) is 18.3 Å². The molecule has 1 aliphatic heterocycles. The maximum absolute atomic E-state index is 13.5. The van der Waals surface area contributed by atoms with E-state index >= 15 is 0 Å². The fourth-order valence-corrected chi connectivity index (χ4v) is 3.30. The predicted octanol–water partition coefficient (Wildman–Crippen LogP) is 3.40. The molecule has 1 aromatic carbocycles. The number of imide groups is 1. The van der Waals surface area contributed by atoms with Crippen molar-refractivity contribution in [3.8, 4) is 17.5 Å². The number of aliphatic hydroxyl groups excluding tert-OH is 1. The van der Waals surface area contributed by atoms with Crippen LogP contribution < -0.4 is 9.47 Å². The Morgan fingerprint density at radius 3 is 2.69 bits per heavy atom. The van der Waals surface area contributed by atoms with Crippen LogP contribution in [0.4, 0.5) is 8.78 Å². The van der Waals surface area contributed by atoms with Gasteiger partial charge in [0.1, 0.15) is 17.2 Å². The summed E-state index contributed by atoms with van der Waals surface area (Å²) in [7, 11) is 0. The number of aliphatic hydroxyl groups is 1. The molecule has 8 nitrogen and oxygen atoms in total. The van der Waals surface area contributed by atoms with E-state index in [9.17, 15) is 18.4 Å². The van der Waals surface area contributed by atoms with Crippen molar-refractivity contribution in [2.75, 3.05) is 13.2 Å². The molecule has 1 aromatic heterocycles. The minimum atomic E-state index is -3.54. The second-order valence-corrected chi connectivity index (χ2v) is 7.74. The van der Waals surface area contributed by atoms with Crippen LogP contribution in [-0.4, -0.2) is 50.6 Å². The van der Waals surface area contributed by atoms with Gasteiger partial charge in [0.2, 0.25) is 5.91 Å². The Morgan fingerprint density at radius 1 is 1.31 bits per heavy atom. The van der Waals surface area contributed by atoms with Crippen LogP contribution in [0.25, 0.3) is 0 Å². The standard InChI is InChI=1S/C22H25F2N3O5/c1-4-22(23,24)32-16-8-5-7-15(11-16)31-21-25-17-12-18(29)26(9-6-10-28)20(30)19(17)27(21)13-14(2)3/h4-5,7-8,11,14,28H,1,6,9-10,12-13H2,2-3H3. The first kappa shape index (κ1) is 23.4. The van der Waals surface area contributed by atoms with Gasteiger partial charge in [-0.15, -0.1) is 0 Å². The van der Waals surface area contributed by atoms with Gasteiger partial charge in [-0.25, -0.2) is 0 Å². The van der Waals surface area contributed by atoms with Gasteiger partial charge in [-0.3, -0.25) is 19.1 Å². The zero-order valence-corrected chi connectivity index (χ0v) is 17.9. The van der Waals surface area contributed by atoms with E-state index in [-0.39, 0.29) is 55.1 Å². The number of aromatic nitrogens is 2. The van der Waals surface area contributed by atoms with E-state index in [0.717, 1.165) is 4.90 Å². The minimum absolute atomic E-state index is 0.0708. The van der Waals surface area contributed by atoms with Crippen molar-refractivity contribution in [3.05, 3.63) is 48.3 Å². The van der Waals surface area contributed by atoms with Crippen LogP contribution in [-0.2, 0) is 17.8 Å². The van der Waals surface area contributed by atoms with Crippen molar-refractivity contribution < 1.29 is 33.0 Å². The maximum atomic E-state index is 13.5. The Kier molecular flexibility index (Phi) is 6.93. The third-order valence-corrected chi connectivity index (χ3v) is 4.67. The van der Waals surface area contributed by atoms with Gasteiger partial charge in [-0.05, 0) is 24.5 Å². The molecule has 1 aliphatic rings. The third-order valence-electron chi connectivity index (χ3n) is 4.67. The SMILES string of the molecule is C=CC(F)(F)Oc1cccc(Oc2nc3c(n2CC(C)C)C(=O)N(CCCO)C(=O)C3)c1. The number of benzene rings is 1. The molecule has 0 saturated carbocycles. The van der Waals surface area contributed by atoms with Crippen LogP contribution in [0.2, 0.25) is 0 Å². The average molecular weight is 449 g/mol. The molecular formula is C22H25F2N3O5. The first-order valence-corrected chi connectivity index (χ1v) is 10.2. The molecular weight excluding hydrogens is 424 g/mol. The van der Waals surface area contributed by atoms with E-state index in [1.54, 1.807) is 4.57 Å². The Balaban J connectivity index is 1.95. The monoisotopic (exact) mass is 449 g/mol. The average Bonchev–Trinajstić information content (AvgIpc) is 3.04. The Labute approximate surface area is 184 Å². The predicted molar refractivity (Wildman–Crippen MR) is 111 cm³/mol. The number of rotatable bonds is 10. The molecule has 32 heavy (non-hydrogen) atoms. The van der Waals surface area contributed by atoms with Gasteiger partial charge in [-0.1, -0.05) is 26.5 Å². The lowest BCUT2D eigenvalue weighted by atomic mass is 10.1. The van der Waals surface area contributed by atoms with Crippen LogP contribution in [0.15, 0.2) is 36.9 Å². The first-order valence-electron chi connectivity index (χ1n) is 10.2. The molecule has 2 heterocycles. The second-order valence-electron chi connectivity index (χ2n) is 7.74. The highest BCUT2D eigenvalue weighted by Crippen LogP contribution is 2.32. The number of imidazole rings is 1. The van der Waals surface area contributed by atoms with Gasteiger partial charge in [0.15, 0.2) is 0 Å². The third kappa shape index (κ3) is 5.13. The van der Waals surface area contributed by atoms with Crippen molar-refractivity contribution in [2.24, 2.45) is 5.92 Å². The number of carbonyl (C=O) groups is 2. The first-order chi connectivity index (χ1) is 15.1. The van der Waals surface area contributed by atoms with Gasteiger partial charge in [0.25, 0.3) is 5.91 Å². The number of halogens is 2. The zero-order valence-electron chi connectivity index (χ0n) is 17.9. The van der Waals surface area contributed by atoms with Gasteiger partial charge in [-0.2, -0.15) is 13.8 Å². The van der Waals surface area contributed by atoms with E-state index < -0.39 is 17.9 Å². The van der Waals surface area contributed by atoms with Gasteiger partial charge in [0.05, 0.1) is 12.1 Å². The molecule has 0 bridgehead atoms. The molecule has 1 N–H and O–H groups in total. The summed E-state index contributed by atoms with van der Waals surface area (Å²) in [6, 6.07) is 5.70. The molecule has 0 unspecified atom stereocenters. The Bertz CT molecular complexity index is 1020. The summed E-state index contributed by atoms with van der Waals surface area (Å²) < 4.78 is 39.0. The smallest absolute Gasteiger partial charge is 0.419 e. The Morgan fingerprint density at radius 2 is 2.03 bits per heavy atom. The van der Waals surface area contributed by atoms with Crippen molar-refractivity contribution >= 4 is 11.8 Å². The van der Waals surface area contributed by atoms with Crippen molar-refractivity contribution in [2.45, 2.75) is 39.3 Å². The normalized spacial score (nSPS) is 14.0. The number of hydrogen-bond acceptors (Lipinski definition) is 6. The summed E-state index contributed by atoms with van der Waals surface area (Å²) in [5, 5.41) is 9.07. The van der Waals surface area contributed by atoms with E-state index in [1.165, 1.54) is 24.3 Å². The summed E-state index contributed by atoms with van der Waals surface area (Å²) in [5.41, 5.74) is 0.540. The lowest BCUT2D eigenvalue weighted by molar-refractivity contribution is -0.131. The van der Waals surface area contributed by atoms with E-state index in [4.69, 9.17) is 9.84 Å². The van der Waals surface area contributed by atoms with Crippen molar-refractivity contribution in [3.63, 3.8) is 0 Å². The lowest BCUT2D eigenvalue weighted by Crippen LogP contribution is -2.44. The number of hydrogen-bond donors (Lipinski definition) is 1. The minimum Gasteiger partial charge on any atom is -0.429 e. The molecule has 10 heteroatoms. The molecule has 3 rings (SSSR count). The molecule has 0 radical (unpaired) electrons. The highest BCUT2D eigenvalue weighted by molar-refractivity contribution is 6.08. The number of fused-ring (bicyclic) bond motifs is 1. The molecule has 0 aliphatic carbocycles. The number of carbonyl (C=O) groups excluding carboxylic acids is 2. The fraction of sp³-hybridized carbons (Fsp3) is 0.409. The second kappa shape index (κ2) is 9.47. The number of ether oxygens (including phenoxy) is 2. The van der Waals surface area contributed by atoms with Crippen LogP contribution in [0, 0.1) is 5.92 Å². The van der Waals surface area contributed by atoms with Gasteiger partial charge >= 0.3 is 12.1 Å². The van der Waals surface area contributed by atoms with Crippen LogP contribution >= 0.6 is 0 Å². The lowest BCUT2D eigenvalue weighted by Gasteiger charge is -2.25. The topological polar surface area (TPSA) is 93.9 Å². The van der Waals surface area contributed by atoms with Crippen molar-refractivity contribution in [1.29, 1.82) is 0 Å². The van der Waals surface area contributed by atoms with Crippen LogP contribution in [0.5, 0.6) is 17.5 Å². The maximum Gasteiger partial charge on any atom is 0.419 e. The quantitative estimate of drug-likeness (QED) is 0.441. The van der Waals surface area contributed by atoms with Crippen LogP contribution in [0.1, 0.15) is 36.5 Å². The molecule has 0 spiro atoms. The number of amides is 2. The molecule has 0 saturated heterocycles. The fourth-order valence-electron chi connectivity index (χ4n) is 3.30. The summed E-state index contributed by atoms with van der Waals surface area (Å²) in [4.78, 5) is 30.9. The summed E-state index contributed by atoms with van der Waals surface area (Å²) in [5.74, 6) is -0.756. The molecule has 0 fully saturated rings. The van der Waals surface area contributed by atoms with E-state index in [1.807, 2.05) is 13.8 Å². The van der Waals surface area contributed by atoms with Crippen LogP contribution in [0.3, 0.4) is 0 Å².